The molecular formula is C18H25N3O4. The highest BCUT2D eigenvalue weighted by Crippen LogP contribution is 2.29. The summed E-state index contributed by atoms with van der Waals surface area (Å²) in [5.74, 6) is 0.142. The van der Waals surface area contributed by atoms with Gasteiger partial charge in [-0.2, -0.15) is 0 Å². The number of anilines is 2. The molecule has 1 heterocycles. The molecule has 1 fully saturated rings. The molecule has 3 N–H and O–H groups in total. The van der Waals surface area contributed by atoms with Crippen molar-refractivity contribution in [2.45, 2.75) is 46.1 Å². The van der Waals surface area contributed by atoms with Crippen molar-refractivity contribution in [3.63, 3.8) is 0 Å². The van der Waals surface area contributed by atoms with Gasteiger partial charge in [0.15, 0.2) is 0 Å². The van der Waals surface area contributed by atoms with Crippen LogP contribution < -0.4 is 20.7 Å². The number of ether oxygens (including phenoxy) is 1. The van der Waals surface area contributed by atoms with Crippen LogP contribution in [-0.4, -0.2) is 30.9 Å². The average Bonchev–Trinajstić information content (AvgIpc) is 2.92. The van der Waals surface area contributed by atoms with E-state index in [1.807, 2.05) is 20.8 Å². The molecule has 7 nitrogen and oxygen atoms in total. The number of benzene rings is 1. The molecule has 0 aliphatic carbocycles. The molecule has 136 valence electrons. The molecule has 0 bridgehead atoms. The van der Waals surface area contributed by atoms with E-state index in [0.29, 0.717) is 30.0 Å². The van der Waals surface area contributed by atoms with Crippen molar-refractivity contribution in [3.05, 3.63) is 18.2 Å². The van der Waals surface area contributed by atoms with E-state index in [9.17, 15) is 14.4 Å². The number of methoxy groups -OCH3 is 1. The van der Waals surface area contributed by atoms with Gasteiger partial charge in [-0.25, -0.2) is 0 Å². The van der Waals surface area contributed by atoms with E-state index in [1.54, 1.807) is 18.2 Å². The smallest absolute Gasteiger partial charge is 0.229 e. The van der Waals surface area contributed by atoms with Gasteiger partial charge in [-0.15, -0.1) is 0 Å². The van der Waals surface area contributed by atoms with Gasteiger partial charge in [0.1, 0.15) is 5.75 Å². The topological polar surface area (TPSA) is 96.5 Å². The van der Waals surface area contributed by atoms with Crippen molar-refractivity contribution < 1.29 is 19.1 Å². The zero-order valence-electron chi connectivity index (χ0n) is 15.1. The third-order valence-electron chi connectivity index (χ3n) is 3.93. The van der Waals surface area contributed by atoms with Crippen molar-refractivity contribution in [1.82, 2.24) is 5.32 Å². The zero-order chi connectivity index (χ0) is 18.6. The summed E-state index contributed by atoms with van der Waals surface area (Å²) < 4.78 is 5.31. The fourth-order valence-electron chi connectivity index (χ4n) is 2.45. The molecule has 25 heavy (non-hydrogen) atoms. The summed E-state index contributed by atoms with van der Waals surface area (Å²) in [6.45, 7) is 5.47. The Labute approximate surface area is 147 Å². The Bertz CT molecular complexity index is 679. The summed E-state index contributed by atoms with van der Waals surface area (Å²) >= 11 is 0. The standard InChI is InChI=1S/C18H25N3O4/c1-18(2,3)17(24)21-13-7-5-11(9-14(13)25-4)20-16(23)10-12-6-8-15(22)19-12/h5,7,9,12H,6,8,10H2,1-4H3,(H,19,22)(H,20,23)(H,21,24)/t12-/m0/s1. The number of carbonyl (C=O) groups is 3. The average molecular weight is 347 g/mol. The second kappa shape index (κ2) is 7.55. The molecule has 0 aromatic heterocycles. The Balaban J connectivity index is 2.01. The first kappa shape index (κ1) is 18.8. The molecule has 0 saturated carbocycles. The second-order valence-electron chi connectivity index (χ2n) is 7.17. The Morgan fingerprint density at radius 1 is 1.28 bits per heavy atom. The minimum Gasteiger partial charge on any atom is -0.494 e. The van der Waals surface area contributed by atoms with E-state index >= 15 is 0 Å². The third-order valence-corrected chi connectivity index (χ3v) is 3.93. The first-order chi connectivity index (χ1) is 11.7. The highest BCUT2D eigenvalue weighted by molar-refractivity contribution is 5.97. The zero-order valence-corrected chi connectivity index (χ0v) is 15.1. The van der Waals surface area contributed by atoms with Crippen LogP contribution in [0.25, 0.3) is 0 Å². The molecule has 0 radical (unpaired) electrons. The summed E-state index contributed by atoms with van der Waals surface area (Å²) in [5.41, 5.74) is 0.590. The van der Waals surface area contributed by atoms with Gasteiger partial charge in [0.2, 0.25) is 17.7 Å². The Morgan fingerprint density at radius 3 is 2.56 bits per heavy atom. The van der Waals surface area contributed by atoms with Gasteiger partial charge in [-0.05, 0) is 18.6 Å². The summed E-state index contributed by atoms with van der Waals surface area (Å²) in [4.78, 5) is 35.4. The molecule has 7 heteroatoms. The Hall–Kier alpha value is -2.57. The first-order valence-electron chi connectivity index (χ1n) is 8.28. The molecule has 1 aliphatic rings. The maximum atomic E-state index is 12.1. The third kappa shape index (κ3) is 5.20. The van der Waals surface area contributed by atoms with E-state index in [-0.39, 0.29) is 30.2 Å². The number of hydrogen-bond acceptors (Lipinski definition) is 4. The minimum absolute atomic E-state index is 0.0154. The van der Waals surface area contributed by atoms with E-state index in [0.717, 1.165) is 0 Å². The van der Waals surface area contributed by atoms with Gasteiger partial charge in [0.25, 0.3) is 0 Å². The Morgan fingerprint density at radius 2 is 2.00 bits per heavy atom. The van der Waals surface area contributed by atoms with Crippen LogP contribution in [0.3, 0.4) is 0 Å². The first-order valence-corrected chi connectivity index (χ1v) is 8.28. The number of amides is 3. The lowest BCUT2D eigenvalue weighted by atomic mass is 9.95. The Kier molecular flexibility index (Phi) is 5.66. The van der Waals surface area contributed by atoms with E-state index in [4.69, 9.17) is 4.74 Å². The van der Waals surface area contributed by atoms with E-state index in [2.05, 4.69) is 16.0 Å². The number of nitrogens with one attached hydrogen (secondary N) is 3. The highest BCUT2D eigenvalue weighted by atomic mass is 16.5. The van der Waals surface area contributed by atoms with Gasteiger partial charge in [0.05, 0.1) is 12.8 Å². The monoisotopic (exact) mass is 347 g/mol. The van der Waals surface area contributed by atoms with Gasteiger partial charge >= 0.3 is 0 Å². The molecule has 3 amide bonds. The van der Waals surface area contributed by atoms with Crippen LogP contribution >= 0.6 is 0 Å². The number of hydrogen-bond donors (Lipinski definition) is 3. The van der Waals surface area contributed by atoms with Crippen molar-refractivity contribution in [2.24, 2.45) is 5.41 Å². The lowest BCUT2D eigenvalue weighted by Gasteiger charge is -2.19. The summed E-state index contributed by atoms with van der Waals surface area (Å²) in [6.07, 6.45) is 1.37. The van der Waals surface area contributed by atoms with Gasteiger partial charge in [-0.3, -0.25) is 14.4 Å². The lowest BCUT2D eigenvalue weighted by molar-refractivity contribution is -0.123. The van der Waals surface area contributed by atoms with Gasteiger partial charge in [-0.1, -0.05) is 20.8 Å². The largest absolute Gasteiger partial charge is 0.494 e. The van der Waals surface area contributed by atoms with Crippen LogP contribution in [0, 0.1) is 5.41 Å². The van der Waals surface area contributed by atoms with Gasteiger partial charge in [0, 0.05) is 36.1 Å². The fraction of sp³-hybridized carbons (Fsp3) is 0.500. The van der Waals surface area contributed by atoms with Crippen LogP contribution in [0.2, 0.25) is 0 Å². The molecule has 2 rings (SSSR count). The molecular weight excluding hydrogens is 322 g/mol. The predicted octanol–water partition coefficient (Wildman–Crippen LogP) is 2.29. The SMILES string of the molecule is COc1cc(NC(=O)C[C@@H]2CCC(=O)N2)ccc1NC(=O)C(C)(C)C. The maximum Gasteiger partial charge on any atom is 0.229 e. The van der Waals surface area contributed by atoms with Crippen LogP contribution in [0.5, 0.6) is 5.75 Å². The van der Waals surface area contributed by atoms with E-state index < -0.39 is 5.41 Å². The highest BCUT2D eigenvalue weighted by Gasteiger charge is 2.24. The molecule has 0 unspecified atom stereocenters. The minimum atomic E-state index is -0.524. The number of carbonyl (C=O) groups excluding carboxylic acids is 3. The maximum absolute atomic E-state index is 12.1. The summed E-state index contributed by atoms with van der Waals surface area (Å²) in [5, 5.41) is 8.37. The predicted molar refractivity (Wildman–Crippen MR) is 95.5 cm³/mol. The van der Waals surface area contributed by atoms with Crippen molar-refractivity contribution in [3.8, 4) is 5.75 Å². The van der Waals surface area contributed by atoms with Crippen molar-refractivity contribution in [2.75, 3.05) is 17.7 Å². The second-order valence-corrected chi connectivity index (χ2v) is 7.17. The summed E-state index contributed by atoms with van der Waals surface area (Å²) in [7, 11) is 1.50. The lowest BCUT2D eigenvalue weighted by Crippen LogP contribution is -2.30. The molecule has 1 atom stereocenters. The fourth-order valence-corrected chi connectivity index (χ4v) is 2.45. The molecule has 1 saturated heterocycles. The molecule has 1 aromatic rings. The molecule has 0 spiro atoms. The normalized spacial score (nSPS) is 17.0. The van der Waals surface area contributed by atoms with Crippen LogP contribution in [-0.2, 0) is 14.4 Å². The molecule has 1 aromatic carbocycles. The van der Waals surface area contributed by atoms with Crippen molar-refractivity contribution in [1.29, 1.82) is 0 Å². The van der Waals surface area contributed by atoms with E-state index in [1.165, 1.54) is 7.11 Å². The van der Waals surface area contributed by atoms with Crippen LogP contribution in [0.15, 0.2) is 18.2 Å². The van der Waals surface area contributed by atoms with Crippen LogP contribution in [0.4, 0.5) is 11.4 Å². The van der Waals surface area contributed by atoms with Gasteiger partial charge < -0.3 is 20.7 Å². The van der Waals surface area contributed by atoms with Crippen molar-refractivity contribution >= 4 is 29.1 Å². The van der Waals surface area contributed by atoms with Crippen LogP contribution in [0.1, 0.15) is 40.0 Å². The number of rotatable bonds is 5. The molecule has 1 aliphatic heterocycles. The summed E-state index contributed by atoms with van der Waals surface area (Å²) in [6, 6.07) is 4.94. The quantitative estimate of drug-likeness (QED) is 0.761.